The number of sulfonamides is 1. The lowest BCUT2D eigenvalue weighted by Gasteiger charge is -2.28. The van der Waals surface area contributed by atoms with Crippen LogP contribution in [0.4, 0.5) is 5.69 Å². The number of hydrogen-bond donors (Lipinski definition) is 1. The molecule has 0 aliphatic rings. The van der Waals surface area contributed by atoms with Crippen molar-refractivity contribution in [3.05, 3.63) is 60.2 Å². The van der Waals surface area contributed by atoms with Crippen LogP contribution in [0.1, 0.15) is 19.4 Å². The van der Waals surface area contributed by atoms with Gasteiger partial charge >= 0.3 is 0 Å². The first-order valence-electron chi connectivity index (χ1n) is 9.44. The molecular formula is C21H28N2O4S2. The summed E-state index contributed by atoms with van der Waals surface area (Å²) in [7, 11) is -3.63. The molecule has 1 N–H and O–H groups in total. The molecule has 2 aromatic rings. The molecule has 0 spiro atoms. The van der Waals surface area contributed by atoms with Crippen LogP contribution in [0.3, 0.4) is 0 Å². The standard InChI is InChI=1S/C21H28N2O4S2/c1-4-27-20-12-10-19(11-13-20)23(29(3,25)26)17(2)21(24)22-14-15-28-16-18-8-6-5-7-9-18/h5-13,17H,4,14-16H2,1-3H3,(H,22,24)/t17-/m1/s1. The molecule has 0 saturated heterocycles. The van der Waals surface area contributed by atoms with Crippen LogP contribution in [-0.2, 0) is 20.6 Å². The summed E-state index contributed by atoms with van der Waals surface area (Å²) in [6, 6.07) is 15.9. The number of benzene rings is 2. The van der Waals surface area contributed by atoms with E-state index in [1.54, 1.807) is 43.0 Å². The third-order valence-electron chi connectivity index (χ3n) is 4.15. The third kappa shape index (κ3) is 7.29. The molecule has 2 aromatic carbocycles. The lowest BCUT2D eigenvalue weighted by atomic mass is 10.2. The molecule has 1 atom stereocenters. The molecule has 6 nitrogen and oxygen atoms in total. The molecule has 0 heterocycles. The number of thioether (sulfide) groups is 1. The average molecular weight is 437 g/mol. The summed E-state index contributed by atoms with van der Waals surface area (Å²) in [5.41, 5.74) is 1.66. The highest BCUT2D eigenvalue weighted by atomic mass is 32.2. The molecule has 158 valence electrons. The van der Waals surface area contributed by atoms with Crippen LogP contribution in [-0.4, -0.2) is 45.5 Å². The van der Waals surface area contributed by atoms with Gasteiger partial charge in [0.25, 0.3) is 0 Å². The zero-order valence-corrected chi connectivity index (χ0v) is 18.6. The summed E-state index contributed by atoms with van der Waals surface area (Å²) in [6.45, 7) is 4.46. The van der Waals surface area contributed by atoms with Crippen molar-refractivity contribution >= 4 is 33.4 Å². The Morgan fingerprint density at radius 2 is 1.79 bits per heavy atom. The van der Waals surface area contributed by atoms with Crippen molar-refractivity contribution < 1.29 is 17.9 Å². The second-order valence-electron chi connectivity index (χ2n) is 6.49. The topological polar surface area (TPSA) is 75.7 Å². The SMILES string of the molecule is CCOc1ccc(N([C@H](C)C(=O)NCCSCc2ccccc2)S(C)(=O)=O)cc1. The Bertz CT molecular complexity index is 871. The monoisotopic (exact) mass is 436 g/mol. The van der Waals surface area contributed by atoms with Gasteiger partial charge in [-0.2, -0.15) is 11.8 Å². The van der Waals surface area contributed by atoms with Gasteiger partial charge in [0.1, 0.15) is 11.8 Å². The normalized spacial score (nSPS) is 12.2. The highest BCUT2D eigenvalue weighted by molar-refractivity contribution is 7.98. The minimum Gasteiger partial charge on any atom is -0.494 e. The van der Waals surface area contributed by atoms with Crippen LogP contribution in [0.2, 0.25) is 0 Å². The summed E-state index contributed by atoms with van der Waals surface area (Å²) >= 11 is 1.72. The lowest BCUT2D eigenvalue weighted by Crippen LogP contribution is -2.48. The average Bonchev–Trinajstić information content (AvgIpc) is 2.69. The molecule has 29 heavy (non-hydrogen) atoms. The number of hydrogen-bond acceptors (Lipinski definition) is 5. The van der Waals surface area contributed by atoms with Crippen LogP contribution >= 0.6 is 11.8 Å². The lowest BCUT2D eigenvalue weighted by molar-refractivity contribution is -0.121. The Kier molecular flexibility index (Phi) is 8.85. The summed E-state index contributed by atoms with van der Waals surface area (Å²) < 4.78 is 31.2. The maximum atomic E-state index is 12.6. The van der Waals surface area contributed by atoms with E-state index >= 15 is 0 Å². The Morgan fingerprint density at radius 1 is 1.14 bits per heavy atom. The van der Waals surface area contributed by atoms with Gasteiger partial charge in [-0.25, -0.2) is 8.42 Å². The first-order chi connectivity index (χ1) is 13.8. The highest BCUT2D eigenvalue weighted by Crippen LogP contribution is 2.24. The summed E-state index contributed by atoms with van der Waals surface area (Å²) in [6.07, 6.45) is 1.10. The molecule has 0 unspecified atom stereocenters. The fourth-order valence-electron chi connectivity index (χ4n) is 2.82. The fraction of sp³-hybridized carbons (Fsp3) is 0.381. The summed E-state index contributed by atoms with van der Waals surface area (Å²) in [5, 5.41) is 2.83. The van der Waals surface area contributed by atoms with Crippen molar-refractivity contribution in [3.63, 3.8) is 0 Å². The second kappa shape index (κ2) is 11.1. The van der Waals surface area contributed by atoms with E-state index < -0.39 is 16.1 Å². The Morgan fingerprint density at radius 3 is 2.38 bits per heavy atom. The molecule has 0 aromatic heterocycles. The van der Waals surface area contributed by atoms with Gasteiger partial charge in [-0.05, 0) is 43.7 Å². The fourth-order valence-corrected chi connectivity index (χ4v) is 4.82. The Balaban J connectivity index is 1.92. The molecule has 0 fully saturated rings. The van der Waals surface area contributed by atoms with Crippen LogP contribution in [0, 0.1) is 0 Å². The van der Waals surface area contributed by atoms with E-state index in [0.29, 0.717) is 24.6 Å². The Hall–Kier alpha value is -2.19. The maximum Gasteiger partial charge on any atom is 0.243 e. The number of amides is 1. The molecule has 8 heteroatoms. The zero-order chi connectivity index (χ0) is 21.3. The highest BCUT2D eigenvalue weighted by Gasteiger charge is 2.28. The van der Waals surface area contributed by atoms with Crippen molar-refractivity contribution in [1.82, 2.24) is 5.32 Å². The molecule has 0 aliphatic heterocycles. The van der Waals surface area contributed by atoms with Crippen molar-refractivity contribution in [1.29, 1.82) is 0 Å². The van der Waals surface area contributed by atoms with E-state index in [0.717, 1.165) is 22.1 Å². The van der Waals surface area contributed by atoms with E-state index in [1.807, 2.05) is 25.1 Å². The minimum absolute atomic E-state index is 0.329. The quantitative estimate of drug-likeness (QED) is 0.547. The predicted octanol–water partition coefficient (Wildman–Crippen LogP) is 3.29. The van der Waals surface area contributed by atoms with E-state index in [-0.39, 0.29) is 5.91 Å². The molecular weight excluding hydrogens is 408 g/mol. The zero-order valence-electron chi connectivity index (χ0n) is 17.0. The Labute approximate surface area is 177 Å². The number of anilines is 1. The van der Waals surface area contributed by atoms with E-state index in [9.17, 15) is 13.2 Å². The van der Waals surface area contributed by atoms with E-state index in [2.05, 4.69) is 17.4 Å². The maximum absolute atomic E-state index is 12.6. The van der Waals surface area contributed by atoms with Gasteiger partial charge in [-0.15, -0.1) is 0 Å². The molecule has 0 bridgehead atoms. The smallest absolute Gasteiger partial charge is 0.243 e. The van der Waals surface area contributed by atoms with Crippen LogP contribution in [0.25, 0.3) is 0 Å². The third-order valence-corrected chi connectivity index (χ3v) is 6.42. The number of carbonyl (C=O) groups is 1. The predicted molar refractivity (Wildman–Crippen MR) is 120 cm³/mol. The van der Waals surface area contributed by atoms with Gasteiger partial charge in [-0.1, -0.05) is 30.3 Å². The molecule has 0 saturated carbocycles. The van der Waals surface area contributed by atoms with Crippen LogP contribution in [0.5, 0.6) is 5.75 Å². The van der Waals surface area contributed by atoms with Gasteiger partial charge in [0.2, 0.25) is 15.9 Å². The summed E-state index contributed by atoms with van der Waals surface area (Å²) in [4.78, 5) is 12.6. The van der Waals surface area contributed by atoms with Gasteiger partial charge in [0.15, 0.2) is 0 Å². The van der Waals surface area contributed by atoms with Crippen molar-refractivity contribution in [2.75, 3.05) is 29.5 Å². The van der Waals surface area contributed by atoms with Crippen LogP contribution in [0.15, 0.2) is 54.6 Å². The second-order valence-corrected chi connectivity index (χ2v) is 9.46. The van der Waals surface area contributed by atoms with E-state index in [4.69, 9.17) is 4.74 Å². The van der Waals surface area contributed by atoms with Gasteiger partial charge in [0.05, 0.1) is 18.6 Å². The largest absolute Gasteiger partial charge is 0.494 e. The number of nitrogens with zero attached hydrogens (tertiary/aromatic N) is 1. The molecule has 0 radical (unpaired) electrons. The molecule has 1 amide bonds. The number of rotatable bonds is 11. The minimum atomic E-state index is -3.63. The summed E-state index contributed by atoms with van der Waals surface area (Å²) in [5.74, 6) is 1.94. The van der Waals surface area contributed by atoms with Crippen molar-refractivity contribution in [3.8, 4) is 5.75 Å². The number of carbonyl (C=O) groups excluding carboxylic acids is 1. The van der Waals surface area contributed by atoms with Gasteiger partial charge in [0, 0.05) is 18.1 Å². The number of nitrogens with one attached hydrogen (secondary N) is 1. The van der Waals surface area contributed by atoms with Gasteiger partial charge in [-0.3, -0.25) is 9.10 Å². The van der Waals surface area contributed by atoms with Gasteiger partial charge < -0.3 is 10.1 Å². The van der Waals surface area contributed by atoms with Crippen LogP contribution < -0.4 is 14.4 Å². The number of ether oxygens (including phenoxy) is 1. The van der Waals surface area contributed by atoms with E-state index in [1.165, 1.54) is 5.56 Å². The first kappa shape index (κ1) is 23.1. The molecule has 2 rings (SSSR count). The molecule has 0 aliphatic carbocycles. The van der Waals surface area contributed by atoms with Crippen molar-refractivity contribution in [2.24, 2.45) is 0 Å². The van der Waals surface area contributed by atoms with Crippen molar-refractivity contribution in [2.45, 2.75) is 25.6 Å². The first-order valence-corrected chi connectivity index (χ1v) is 12.4.